The Hall–Kier alpha value is 0.189. The molecule has 0 atom stereocenters. The van der Waals surface area contributed by atoms with Crippen LogP contribution >= 0.6 is 0 Å². The molecule has 0 aliphatic carbocycles. The van der Waals surface area contributed by atoms with E-state index in [1.807, 2.05) is 0 Å². The van der Waals surface area contributed by atoms with Crippen LogP contribution < -0.4 is 0 Å². The third-order valence-electron chi connectivity index (χ3n) is 1.48. The molecule has 0 amide bonds. The van der Waals surface area contributed by atoms with Crippen molar-refractivity contribution in [1.29, 1.82) is 0 Å². The summed E-state index contributed by atoms with van der Waals surface area (Å²) in [6.07, 6.45) is 6.86. The number of hydrogen-bond donors (Lipinski definition) is 0. The average molecular weight is 206 g/mol. The van der Waals surface area contributed by atoms with Crippen LogP contribution in [0.2, 0.25) is 0 Å². The maximum absolute atomic E-state index is 10.4. The third-order valence-corrected chi connectivity index (χ3v) is 1.91. The first-order valence-electron chi connectivity index (χ1n) is 3.97. The number of unbranched alkanes of at least 4 members (excludes halogenated alkanes) is 4. The van der Waals surface area contributed by atoms with Gasteiger partial charge in [0, 0.05) is 0 Å². The molecule has 0 saturated heterocycles. The van der Waals surface area contributed by atoms with Gasteiger partial charge in [0.25, 0.3) is 0 Å². The standard InChI is InChI=1S/C8H15OSe/c1-2-3-4-5-6-7-8(9)10/h2-7H2,1H3. The van der Waals surface area contributed by atoms with E-state index in [0.29, 0.717) is 0 Å². The first-order chi connectivity index (χ1) is 4.77. The molecule has 0 spiro atoms. The van der Waals surface area contributed by atoms with Crippen LogP contribution in [-0.2, 0) is 4.79 Å². The number of hydrogen-bond acceptors (Lipinski definition) is 1. The van der Waals surface area contributed by atoms with E-state index in [4.69, 9.17) is 0 Å². The van der Waals surface area contributed by atoms with E-state index >= 15 is 0 Å². The van der Waals surface area contributed by atoms with E-state index in [1.54, 1.807) is 0 Å². The van der Waals surface area contributed by atoms with Crippen LogP contribution in [-0.4, -0.2) is 20.7 Å². The van der Waals surface area contributed by atoms with Gasteiger partial charge in [0.2, 0.25) is 0 Å². The van der Waals surface area contributed by atoms with Crippen LogP contribution in [0.25, 0.3) is 0 Å². The molecule has 0 unspecified atom stereocenters. The Morgan fingerprint density at radius 1 is 1.20 bits per heavy atom. The molecule has 0 aromatic rings. The summed E-state index contributed by atoms with van der Waals surface area (Å²) in [5, 5.41) is 0. The fourth-order valence-corrected chi connectivity index (χ4v) is 1.18. The van der Waals surface area contributed by atoms with Crippen molar-refractivity contribution in [2.75, 3.05) is 0 Å². The van der Waals surface area contributed by atoms with Gasteiger partial charge >= 0.3 is 70.9 Å². The van der Waals surface area contributed by atoms with Gasteiger partial charge in [0.1, 0.15) is 0 Å². The Labute approximate surface area is 71.4 Å². The van der Waals surface area contributed by atoms with E-state index in [-0.39, 0.29) is 4.68 Å². The molecular weight excluding hydrogens is 191 g/mol. The first kappa shape index (κ1) is 10.2. The molecule has 1 radical (unpaired) electrons. The van der Waals surface area contributed by atoms with Crippen LogP contribution in [0, 0.1) is 0 Å². The average Bonchev–Trinajstić information content (AvgIpc) is 1.87. The van der Waals surface area contributed by atoms with Gasteiger partial charge in [-0.1, -0.05) is 0 Å². The Bertz CT molecular complexity index is 91.3. The minimum absolute atomic E-state index is 0.205. The summed E-state index contributed by atoms with van der Waals surface area (Å²) in [4.78, 5) is 10.4. The van der Waals surface area contributed by atoms with E-state index < -0.39 is 0 Å². The SMILES string of the molecule is CCCCCCCC(=O)[Se]. The molecule has 10 heavy (non-hydrogen) atoms. The molecule has 0 aliphatic heterocycles. The second-order valence-corrected chi connectivity index (χ2v) is 3.49. The fraction of sp³-hybridized carbons (Fsp3) is 0.875. The second-order valence-electron chi connectivity index (χ2n) is 2.54. The van der Waals surface area contributed by atoms with Gasteiger partial charge in [-0.2, -0.15) is 0 Å². The van der Waals surface area contributed by atoms with Gasteiger partial charge < -0.3 is 0 Å². The summed E-state index contributed by atoms with van der Waals surface area (Å²) in [5.41, 5.74) is 0. The molecule has 0 rings (SSSR count). The van der Waals surface area contributed by atoms with Gasteiger partial charge in [0.05, 0.1) is 0 Å². The number of rotatable bonds is 6. The van der Waals surface area contributed by atoms with E-state index in [9.17, 15) is 4.79 Å². The van der Waals surface area contributed by atoms with Crippen molar-refractivity contribution in [3.63, 3.8) is 0 Å². The Kier molecular flexibility index (Phi) is 7.44. The van der Waals surface area contributed by atoms with Gasteiger partial charge in [-0.3, -0.25) is 0 Å². The van der Waals surface area contributed by atoms with Crippen LogP contribution in [0.4, 0.5) is 0 Å². The summed E-state index contributed by atoms with van der Waals surface area (Å²) < 4.78 is 0.205. The van der Waals surface area contributed by atoms with Gasteiger partial charge in [-0.25, -0.2) is 0 Å². The molecule has 0 N–H and O–H groups in total. The predicted octanol–water partition coefficient (Wildman–Crippen LogP) is 2.04. The Balaban J connectivity index is 2.84. The van der Waals surface area contributed by atoms with Crippen molar-refractivity contribution in [3.8, 4) is 0 Å². The molecular formula is C8H15OSe. The molecule has 0 aliphatic rings. The van der Waals surface area contributed by atoms with Gasteiger partial charge in [-0.15, -0.1) is 0 Å². The zero-order chi connectivity index (χ0) is 7.82. The van der Waals surface area contributed by atoms with E-state index in [2.05, 4.69) is 22.9 Å². The van der Waals surface area contributed by atoms with Gasteiger partial charge in [-0.05, 0) is 0 Å². The van der Waals surface area contributed by atoms with Crippen molar-refractivity contribution in [2.45, 2.75) is 45.4 Å². The zero-order valence-corrected chi connectivity index (χ0v) is 8.27. The van der Waals surface area contributed by atoms with Crippen molar-refractivity contribution in [2.24, 2.45) is 0 Å². The van der Waals surface area contributed by atoms with Crippen LogP contribution in [0.1, 0.15) is 45.4 Å². The van der Waals surface area contributed by atoms with Crippen LogP contribution in [0.3, 0.4) is 0 Å². The fourth-order valence-electron chi connectivity index (χ4n) is 0.873. The monoisotopic (exact) mass is 207 g/mol. The number of carbonyl (C=O) groups excluding carboxylic acids is 1. The van der Waals surface area contributed by atoms with E-state index in [0.717, 1.165) is 12.8 Å². The minimum atomic E-state index is 0.205. The summed E-state index contributed by atoms with van der Waals surface area (Å²) in [5.74, 6) is 0. The van der Waals surface area contributed by atoms with Crippen molar-refractivity contribution < 1.29 is 4.79 Å². The second kappa shape index (κ2) is 7.30. The molecule has 0 heterocycles. The molecule has 0 bridgehead atoms. The summed E-state index contributed by atoms with van der Waals surface area (Å²) >= 11 is 2.49. The molecule has 59 valence electrons. The summed E-state index contributed by atoms with van der Waals surface area (Å²) in [6, 6.07) is 0. The quantitative estimate of drug-likeness (QED) is 0.480. The predicted molar refractivity (Wildman–Crippen MR) is 44.1 cm³/mol. The summed E-state index contributed by atoms with van der Waals surface area (Å²) in [6.45, 7) is 2.19. The first-order valence-corrected chi connectivity index (χ1v) is 4.83. The van der Waals surface area contributed by atoms with E-state index in [1.165, 1.54) is 25.7 Å². The molecule has 0 fully saturated rings. The topological polar surface area (TPSA) is 17.1 Å². The van der Waals surface area contributed by atoms with Crippen LogP contribution in [0.15, 0.2) is 0 Å². The number of carbonyl (C=O) groups is 1. The maximum atomic E-state index is 10.4. The van der Waals surface area contributed by atoms with Crippen molar-refractivity contribution in [3.05, 3.63) is 0 Å². The van der Waals surface area contributed by atoms with Crippen molar-refractivity contribution >= 4 is 20.7 Å². The Morgan fingerprint density at radius 3 is 2.30 bits per heavy atom. The normalized spacial score (nSPS) is 9.70. The molecule has 0 aromatic heterocycles. The van der Waals surface area contributed by atoms with Crippen LogP contribution in [0.5, 0.6) is 0 Å². The molecule has 0 saturated carbocycles. The third kappa shape index (κ3) is 8.19. The molecule has 1 nitrogen and oxygen atoms in total. The van der Waals surface area contributed by atoms with Gasteiger partial charge in [0.15, 0.2) is 0 Å². The Morgan fingerprint density at radius 2 is 1.80 bits per heavy atom. The molecule has 2 heteroatoms. The van der Waals surface area contributed by atoms with Crippen molar-refractivity contribution in [1.82, 2.24) is 0 Å². The zero-order valence-electron chi connectivity index (χ0n) is 6.56. The summed E-state index contributed by atoms with van der Waals surface area (Å²) in [7, 11) is 0. The molecule has 0 aromatic carbocycles.